The minimum atomic E-state index is 0.413. The first-order valence-corrected chi connectivity index (χ1v) is 10.4. The predicted octanol–water partition coefficient (Wildman–Crippen LogP) is 3.82. The van der Waals surface area contributed by atoms with E-state index in [0.29, 0.717) is 11.9 Å². The van der Waals surface area contributed by atoms with Gasteiger partial charge >= 0.3 is 0 Å². The Bertz CT molecular complexity index is 410. The fourth-order valence-electron chi connectivity index (χ4n) is 5.41. The average Bonchev–Trinajstić information content (AvgIpc) is 3.37. The van der Waals surface area contributed by atoms with Gasteiger partial charge in [-0.1, -0.05) is 44.9 Å². The van der Waals surface area contributed by atoms with Crippen molar-refractivity contribution in [2.45, 2.75) is 89.1 Å². The Morgan fingerprint density at radius 2 is 1.52 bits per heavy atom. The number of carbonyl (C=O) groups excluding carboxylic acids is 1. The van der Waals surface area contributed by atoms with Crippen LogP contribution in [-0.2, 0) is 4.79 Å². The molecule has 3 nitrogen and oxygen atoms in total. The summed E-state index contributed by atoms with van der Waals surface area (Å²) in [6.07, 6.45) is 16.7. The van der Waals surface area contributed by atoms with Gasteiger partial charge in [-0.2, -0.15) is 0 Å². The van der Waals surface area contributed by atoms with Crippen molar-refractivity contribution in [1.29, 1.82) is 0 Å². The van der Waals surface area contributed by atoms with Crippen LogP contribution < -0.4 is 0 Å². The van der Waals surface area contributed by atoms with Crippen LogP contribution in [0.3, 0.4) is 0 Å². The highest BCUT2D eigenvalue weighted by atomic mass is 16.2. The molecule has 2 atom stereocenters. The van der Waals surface area contributed by atoms with Gasteiger partial charge in [0.15, 0.2) is 0 Å². The van der Waals surface area contributed by atoms with Crippen molar-refractivity contribution in [3.05, 3.63) is 0 Å². The number of carbonyl (C=O) groups is 1. The smallest absolute Gasteiger partial charge is 0.236 e. The van der Waals surface area contributed by atoms with Gasteiger partial charge in [0.2, 0.25) is 5.91 Å². The highest BCUT2D eigenvalue weighted by Gasteiger charge is 2.42. The largest absolute Gasteiger partial charge is 0.341 e. The number of nitrogens with zero attached hydrogens (tertiary/aromatic N) is 2. The van der Waals surface area contributed by atoms with Gasteiger partial charge in [-0.05, 0) is 43.9 Å². The summed E-state index contributed by atoms with van der Waals surface area (Å²) in [5, 5.41) is 0. The standard InChI is InChI=1S/C20H34N2O/c23-20(21-13-6-14-21)15-22(17-11-12-17)19-10-5-4-9-18(19)16-7-2-1-3-8-16/h16-19H,1-15H2/t18-,19-/m0/s1. The van der Waals surface area contributed by atoms with Crippen LogP contribution >= 0.6 is 0 Å². The molecule has 3 heteroatoms. The Morgan fingerprint density at radius 1 is 0.826 bits per heavy atom. The summed E-state index contributed by atoms with van der Waals surface area (Å²) < 4.78 is 0. The summed E-state index contributed by atoms with van der Waals surface area (Å²) in [6, 6.07) is 1.44. The first kappa shape index (κ1) is 15.9. The molecule has 23 heavy (non-hydrogen) atoms. The average molecular weight is 319 g/mol. The molecule has 4 aliphatic rings. The Labute approximate surface area is 141 Å². The van der Waals surface area contributed by atoms with Crippen LogP contribution in [0.1, 0.15) is 77.0 Å². The Hall–Kier alpha value is -0.570. The summed E-state index contributed by atoms with van der Waals surface area (Å²) in [6.45, 7) is 2.74. The molecule has 1 amide bonds. The molecule has 1 saturated heterocycles. The number of amides is 1. The monoisotopic (exact) mass is 318 g/mol. The molecule has 0 spiro atoms. The van der Waals surface area contributed by atoms with E-state index >= 15 is 0 Å². The van der Waals surface area contributed by atoms with Crippen LogP contribution in [0.4, 0.5) is 0 Å². The predicted molar refractivity (Wildman–Crippen MR) is 93.2 cm³/mol. The van der Waals surface area contributed by atoms with Crippen molar-refractivity contribution in [3.63, 3.8) is 0 Å². The van der Waals surface area contributed by atoms with E-state index in [9.17, 15) is 4.79 Å². The van der Waals surface area contributed by atoms with Gasteiger partial charge in [-0.15, -0.1) is 0 Å². The Balaban J connectivity index is 1.44. The molecular weight excluding hydrogens is 284 g/mol. The van der Waals surface area contributed by atoms with Crippen LogP contribution in [0, 0.1) is 11.8 Å². The first-order valence-electron chi connectivity index (χ1n) is 10.4. The Morgan fingerprint density at radius 3 is 2.17 bits per heavy atom. The van der Waals surface area contributed by atoms with Crippen molar-refractivity contribution >= 4 is 5.91 Å². The van der Waals surface area contributed by atoms with E-state index in [1.54, 1.807) is 0 Å². The van der Waals surface area contributed by atoms with Gasteiger partial charge in [0.25, 0.3) is 0 Å². The summed E-state index contributed by atoms with van der Waals surface area (Å²) in [5.41, 5.74) is 0. The molecule has 0 N–H and O–H groups in total. The molecule has 4 fully saturated rings. The van der Waals surface area contributed by atoms with Crippen molar-refractivity contribution in [1.82, 2.24) is 9.80 Å². The van der Waals surface area contributed by atoms with Gasteiger partial charge < -0.3 is 4.90 Å². The second-order valence-corrected chi connectivity index (χ2v) is 8.55. The van der Waals surface area contributed by atoms with E-state index in [1.165, 1.54) is 77.0 Å². The minimum absolute atomic E-state index is 0.413. The third-order valence-corrected chi connectivity index (χ3v) is 7.01. The lowest BCUT2D eigenvalue weighted by atomic mass is 9.70. The fraction of sp³-hybridized carbons (Fsp3) is 0.950. The van der Waals surface area contributed by atoms with Crippen molar-refractivity contribution in [2.75, 3.05) is 19.6 Å². The lowest BCUT2D eigenvalue weighted by Gasteiger charge is -2.45. The van der Waals surface area contributed by atoms with E-state index in [4.69, 9.17) is 0 Å². The minimum Gasteiger partial charge on any atom is -0.341 e. The third kappa shape index (κ3) is 3.60. The summed E-state index contributed by atoms with van der Waals surface area (Å²) >= 11 is 0. The number of hydrogen-bond donors (Lipinski definition) is 0. The number of likely N-dealkylation sites (tertiary alicyclic amines) is 1. The normalized spacial score (nSPS) is 32.8. The maximum atomic E-state index is 12.6. The zero-order valence-electron chi connectivity index (χ0n) is 14.7. The second-order valence-electron chi connectivity index (χ2n) is 8.55. The molecule has 0 unspecified atom stereocenters. The molecule has 3 aliphatic carbocycles. The van der Waals surface area contributed by atoms with Crippen molar-refractivity contribution in [3.8, 4) is 0 Å². The van der Waals surface area contributed by atoms with Gasteiger partial charge in [0.1, 0.15) is 0 Å². The number of rotatable bonds is 5. The van der Waals surface area contributed by atoms with Crippen LogP contribution in [0.25, 0.3) is 0 Å². The van der Waals surface area contributed by atoms with E-state index in [1.807, 2.05) is 0 Å². The topological polar surface area (TPSA) is 23.6 Å². The highest BCUT2D eigenvalue weighted by molar-refractivity contribution is 5.79. The number of hydrogen-bond acceptors (Lipinski definition) is 2. The maximum absolute atomic E-state index is 12.6. The molecule has 4 rings (SSSR count). The molecule has 0 radical (unpaired) electrons. The lowest BCUT2D eigenvalue weighted by molar-refractivity contribution is -0.137. The van der Waals surface area contributed by atoms with Gasteiger partial charge in [0.05, 0.1) is 6.54 Å². The van der Waals surface area contributed by atoms with Crippen molar-refractivity contribution < 1.29 is 4.79 Å². The van der Waals surface area contributed by atoms with E-state index in [0.717, 1.165) is 37.5 Å². The highest BCUT2D eigenvalue weighted by Crippen LogP contribution is 2.43. The summed E-state index contributed by atoms with van der Waals surface area (Å²) in [4.78, 5) is 17.3. The van der Waals surface area contributed by atoms with Gasteiger partial charge in [-0.3, -0.25) is 9.69 Å². The van der Waals surface area contributed by atoms with E-state index in [-0.39, 0.29) is 0 Å². The van der Waals surface area contributed by atoms with E-state index < -0.39 is 0 Å². The summed E-state index contributed by atoms with van der Waals surface area (Å²) in [5.74, 6) is 2.25. The zero-order chi connectivity index (χ0) is 15.6. The van der Waals surface area contributed by atoms with Crippen LogP contribution in [-0.4, -0.2) is 47.4 Å². The molecule has 0 bridgehead atoms. The quantitative estimate of drug-likeness (QED) is 0.769. The molecule has 130 valence electrons. The van der Waals surface area contributed by atoms with Crippen molar-refractivity contribution in [2.24, 2.45) is 11.8 Å². The summed E-state index contributed by atoms with van der Waals surface area (Å²) in [7, 11) is 0. The lowest BCUT2D eigenvalue weighted by Crippen LogP contribution is -2.53. The van der Waals surface area contributed by atoms with Crippen LogP contribution in [0.15, 0.2) is 0 Å². The maximum Gasteiger partial charge on any atom is 0.236 e. The zero-order valence-corrected chi connectivity index (χ0v) is 14.7. The third-order valence-electron chi connectivity index (χ3n) is 7.01. The van der Waals surface area contributed by atoms with Gasteiger partial charge in [-0.25, -0.2) is 0 Å². The molecule has 0 aromatic rings. The first-order chi connectivity index (χ1) is 11.3. The van der Waals surface area contributed by atoms with E-state index in [2.05, 4.69) is 9.80 Å². The van der Waals surface area contributed by atoms with Crippen LogP contribution in [0.5, 0.6) is 0 Å². The molecule has 1 heterocycles. The molecule has 0 aromatic carbocycles. The molecule has 0 aromatic heterocycles. The van der Waals surface area contributed by atoms with Crippen LogP contribution in [0.2, 0.25) is 0 Å². The SMILES string of the molecule is O=C(CN(C1CC1)[C@H]1CCCC[C@H]1C1CCCCC1)N1CCC1. The molecular formula is C20H34N2O. The van der Waals surface area contributed by atoms with Gasteiger partial charge in [0, 0.05) is 25.2 Å². The molecule has 3 saturated carbocycles. The molecule has 1 aliphatic heterocycles. The fourth-order valence-corrected chi connectivity index (χ4v) is 5.41. The Kier molecular flexibility index (Phi) is 4.93. The second kappa shape index (κ2) is 7.13.